The van der Waals surface area contributed by atoms with E-state index < -0.39 is 52.9 Å². The van der Waals surface area contributed by atoms with Gasteiger partial charge in [0.15, 0.2) is 17.1 Å². The van der Waals surface area contributed by atoms with Gasteiger partial charge in [-0.05, 0) is 48.9 Å². The van der Waals surface area contributed by atoms with Crippen LogP contribution in [-0.2, 0) is 19.1 Å². The van der Waals surface area contributed by atoms with Gasteiger partial charge >= 0.3 is 17.9 Å². The van der Waals surface area contributed by atoms with E-state index in [0.717, 1.165) is 0 Å². The van der Waals surface area contributed by atoms with Gasteiger partial charge in [-0.2, -0.15) is 0 Å². The summed E-state index contributed by atoms with van der Waals surface area (Å²) in [6, 6.07) is 18.3. The summed E-state index contributed by atoms with van der Waals surface area (Å²) in [4.78, 5) is 68.7. The molecule has 1 spiro atoms. The molecule has 9 heteroatoms. The molecule has 0 amide bonds. The highest BCUT2D eigenvalue weighted by molar-refractivity contribution is 6.37. The number of benzene rings is 3. The number of rotatable bonds is 4. The lowest BCUT2D eigenvalue weighted by Gasteiger charge is -2.39. The van der Waals surface area contributed by atoms with Crippen molar-refractivity contribution in [2.75, 3.05) is 11.5 Å². The van der Waals surface area contributed by atoms with E-state index in [4.69, 9.17) is 21.1 Å². The third-order valence-corrected chi connectivity index (χ3v) is 7.76. The van der Waals surface area contributed by atoms with Gasteiger partial charge in [0.1, 0.15) is 5.92 Å². The molecule has 2 aliphatic heterocycles. The SMILES string of the molecule is CCOC(=O)c1ccc(N2[C@H](c3ccc(Cl)cc3)[C@@H]3C(=O)OC(=O)[C@@H]3C23C(=O)c2ccccc2C3=O)cc1. The minimum atomic E-state index is -2.05. The van der Waals surface area contributed by atoms with Gasteiger partial charge in [-0.15, -0.1) is 0 Å². The summed E-state index contributed by atoms with van der Waals surface area (Å²) in [5, 5.41) is 0.453. The Kier molecular flexibility index (Phi) is 5.47. The Labute approximate surface area is 222 Å². The maximum Gasteiger partial charge on any atom is 0.338 e. The molecule has 0 N–H and O–H groups in total. The molecule has 2 fully saturated rings. The van der Waals surface area contributed by atoms with Crippen LogP contribution in [0.1, 0.15) is 49.6 Å². The normalized spacial score (nSPS) is 23.0. The van der Waals surface area contributed by atoms with E-state index >= 15 is 0 Å². The lowest BCUT2D eigenvalue weighted by molar-refractivity contribution is -0.154. The topological polar surface area (TPSA) is 107 Å². The summed E-state index contributed by atoms with van der Waals surface area (Å²) in [6.45, 7) is 1.89. The first kappa shape index (κ1) is 24.1. The molecule has 1 aliphatic carbocycles. The molecule has 0 radical (unpaired) electrons. The Balaban J connectivity index is 1.61. The minimum Gasteiger partial charge on any atom is -0.462 e. The summed E-state index contributed by atoms with van der Waals surface area (Å²) >= 11 is 6.12. The summed E-state index contributed by atoms with van der Waals surface area (Å²) in [5.74, 6) is -5.90. The number of carbonyl (C=O) groups excluding carboxylic acids is 5. The maximum absolute atomic E-state index is 14.2. The lowest BCUT2D eigenvalue weighted by atomic mass is 9.76. The number of hydrogen-bond donors (Lipinski definition) is 0. The summed E-state index contributed by atoms with van der Waals surface area (Å²) < 4.78 is 10.1. The number of esters is 3. The molecule has 3 atom stereocenters. The molecule has 8 nitrogen and oxygen atoms in total. The van der Waals surface area contributed by atoms with E-state index in [9.17, 15) is 24.0 Å². The number of anilines is 1. The quantitative estimate of drug-likeness (QED) is 0.365. The molecule has 2 saturated heterocycles. The Morgan fingerprint density at radius 1 is 0.895 bits per heavy atom. The van der Waals surface area contributed by atoms with Crippen molar-refractivity contribution < 1.29 is 33.4 Å². The third kappa shape index (κ3) is 3.13. The van der Waals surface area contributed by atoms with Gasteiger partial charge in [-0.25, -0.2) is 4.79 Å². The first-order valence-corrected chi connectivity index (χ1v) is 12.4. The standard InChI is InChI=1S/C29H20ClNO7/c1-2-37-26(34)16-9-13-18(14-10-16)31-23(15-7-11-17(30)12-8-15)21-22(28(36)38-27(21)35)29(31)24(32)19-5-3-4-6-20(19)25(29)33/h3-14,21-23H,2H2,1H3/t21-,22-,23-/m1/s1. The van der Waals surface area contributed by atoms with Gasteiger partial charge in [-0.1, -0.05) is 48.0 Å². The largest absolute Gasteiger partial charge is 0.462 e. The molecule has 0 saturated carbocycles. The van der Waals surface area contributed by atoms with Crippen LogP contribution in [-0.4, -0.2) is 41.6 Å². The minimum absolute atomic E-state index is 0.174. The predicted molar refractivity (Wildman–Crippen MR) is 135 cm³/mol. The molecule has 6 rings (SSSR count). The van der Waals surface area contributed by atoms with E-state index in [1.54, 1.807) is 72.5 Å². The highest BCUT2D eigenvalue weighted by Gasteiger charge is 2.76. The number of halogens is 1. The zero-order chi connectivity index (χ0) is 26.8. The Hall–Kier alpha value is -4.30. The van der Waals surface area contributed by atoms with E-state index in [2.05, 4.69) is 0 Å². The molecular weight excluding hydrogens is 510 g/mol. The van der Waals surface area contributed by atoms with Crippen LogP contribution in [0.25, 0.3) is 0 Å². The number of Topliss-reactive ketones (excluding diaryl/α,β-unsaturated/α-hetero) is 2. The van der Waals surface area contributed by atoms with Crippen LogP contribution in [0.3, 0.4) is 0 Å². The zero-order valence-corrected chi connectivity index (χ0v) is 20.8. The second-order valence-corrected chi connectivity index (χ2v) is 9.78. The van der Waals surface area contributed by atoms with Gasteiger partial charge in [-0.3, -0.25) is 19.2 Å². The number of ether oxygens (including phenoxy) is 2. The van der Waals surface area contributed by atoms with E-state index in [1.165, 1.54) is 12.1 Å². The van der Waals surface area contributed by atoms with Crippen molar-refractivity contribution in [3.63, 3.8) is 0 Å². The fraction of sp³-hybridized carbons (Fsp3) is 0.207. The number of nitrogens with zero attached hydrogens (tertiary/aromatic N) is 1. The molecule has 38 heavy (non-hydrogen) atoms. The molecule has 0 bridgehead atoms. The van der Waals surface area contributed by atoms with Crippen molar-refractivity contribution in [1.29, 1.82) is 0 Å². The average molecular weight is 530 g/mol. The van der Waals surface area contributed by atoms with Crippen molar-refractivity contribution in [2.45, 2.75) is 18.5 Å². The average Bonchev–Trinajstić information content (AvgIpc) is 3.48. The molecule has 2 heterocycles. The van der Waals surface area contributed by atoms with Crippen LogP contribution >= 0.6 is 11.6 Å². The first-order valence-electron chi connectivity index (χ1n) is 12.1. The molecular formula is C29H20ClNO7. The monoisotopic (exact) mass is 529 g/mol. The number of carbonyl (C=O) groups is 5. The van der Waals surface area contributed by atoms with Crippen LogP contribution in [0.5, 0.6) is 0 Å². The third-order valence-electron chi connectivity index (χ3n) is 7.51. The number of ketones is 2. The zero-order valence-electron chi connectivity index (χ0n) is 20.1. The van der Waals surface area contributed by atoms with Gasteiger partial charge < -0.3 is 14.4 Å². The van der Waals surface area contributed by atoms with Crippen molar-refractivity contribution in [2.24, 2.45) is 11.8 Å². The van der Waals surface area contributed by atoms with Gasteiger partial charge in [0.05, 0.1) is 24.1 Å². The molecule has 3 aliphatic rings. The van der Waals surface area contributed by atoms with Gasteiger partial charge in [0.25, 0.3) is 0 Å². The van der Waals surface area contributed by atoms with Crippen LogP contribution in [0, 0.1) is 11.8 Å². The summed E-state index contributed by atoms with van der Waals surface area (Å²) in [7, 11) is 0. The second-order valence-electron chi connectivity index (χ2n) is 9.35. The van der Waals surface area contributed by atoms with Crippen LogP contribution < -0.4 is 4.90 Å². The second kappa shape index (κ2) is 8.63. The van der Waals surface area contributed by atoms with Crippen LogP contribution in [0.4, 0.5) is 5.69 Å². The van der Waals surface area contributed by atoms with Gasteiger partial charge in [0.2, 0.25) is 0 Å². The molecule has 190 valence electrons. The number of fused-ring (bicyclic) bond motifs is 3. The van der Waals surface area contributed by atoms with Crippen molar-refractivity contribution >= 4 is 46.8 Å². The number of cyclic esters (lactones) is 2. The fourth-order valence-electron chi connectivity index (χ4n) is 6.03. The Bertz CT molecular complexity index is 1490. The maximum atomic E-state index is 14.2. The van der Waals surface area contributed by atoms with Crippen molar-refractivity contribution in [3.05, 3.63) is 100 Å². The Morgan fingerprint density at radius 3 is 2.08 bits per heavy atom. The fourth-order valence-corrected chi connectivity index (χ4v) is 6.16. The highest BCUT2D eigenvalue weighted by Crippen LogP contribution is 2.59. The van der Waals surface area contributed by atoms with E-state index in [1.807, 2.05) is 0 Å². The molecule has 3 aromatic carbocycles. The van der Waals surface area contributed by atoms with Crippen molar-refractivity contribution in [3.8, 4) is 0 Å². The van der Waals surface area contributed by atoms with Gasteiger partial charge in [0, 0.05) is 21.8 Å². The lowest BCUT2D eigenvalue weighted by Crippen LogP contribution is -2.59. The first-order chi connectivity index (χ1) is 18.3. The summed E-state index contributed by atoms with van der Waals surface area (Å²) in [5.41, 5.74) is -0.481. The van der Waals surface area contributed by atoms with Crippen molar-refractivity contribution in [1.82, 2.24) is 0 Å². The van der Waals surface area contributed by atoms with Crippen LogP contribution in [0.2, 0.25) is 5.02 Å². The predicted octanol–water partition coefficient (Wildman–Crippen LogP) is 4.21. The smallest absolute Gasteiger partial charge is 0.338 e. The van der Waals surface area contributed by atoms with E-state index in [-0.39, 0.29) is 23.3 Å². The molecule has 0 aromatic heterocycles. The van der Waals surface area contributed by atoms with E-state index in [0.29, 0.717) is 16.3 Å². The number of hydrogen-bond acceptors (Lipinski definition) is 8. The highest BCUT2D eigenvalue weighted by atomic mass is 35.5. The van der Waals surface area contributed by atoms with Crippen LogP contribution in [0.15, 0.2) is 72.8 Å². The Morgan fingerprint density at radius 2 is 1.50 bits per heavy atom. The molecule has 3 aromatic rings. The molecule has 0 unspecified atom stereocenters. The summed E-state index contributed by atoms with van der Waals surface area (Å²) in [6.07, 6.45) is 0.